The van der Waals surface area contributed by atoms with Crippen molar-refractivity contribution in [3.8, 4) is 0 Å². The molecule has 0 saturated carbocycles. The van der Waals surface area contributed by atoms with Crippen LogP contribution >= 0.6 is 0 Å². The second-order valence-corrected chi connectivity index (χ2v) is 2.33. The summed E-state index contributed by atoms with van der Waals surface area (Å²) in [6.45, 7) is 1.78. The predicted octanol–water partition coefficient (Wildman–Crippen LogP) is -0.633. The third-order valence-corrected chi connectivity index (χ3v) is 1.35. The third kappa shape index (κ3) is 1.43. The molecule has 0 aromatic heterocycles. The first-order valence-corrected chi connectivity index (χ1v) is 3.26. The number of hydrogen-bond acceptors (Lipinski definition) is 3. The SMILES string of the molecule is C[C@H](N)C(=O)N1CC=NC1=O. The molecule has 0 saturated heterocycles. The summed E-state index contributed by atoms with van der Waals surface area (Å²) in [6, 6.07) is -1.16. The molecule has 60 valence electrons. The van der Waals surface area contributed by atoms with Gasteiger partial charge in [-0.05, 0) is 6.92 Å². The monoisotopic (exact) mass is 155 g/mol. The Morgan fingerprint density at radius 2 is 2.55 bits per heavy atom. The zero-order chi connectivity index (χ0) is 8.43. The second kappa shape index (κ2) is 2.79. The Balaban J connectivity index is 2.63. The molecule has 1 aliphatic rings. The minimum absolute atomic E-state index is 0.249. The fraction of sp³-hybridized carbons (Fsp3) is 0.500. The topological polar surface area (TPSA) is 75.8 Å². The summed E-state index contributed by atoms with van der Waals surface area (Å²) in [4.78, 5) is 26.3. The number of urea groups is 1. The highest BCUT2D eigenvalue weighted by atomic mass is 16.2. The Labute approximate surface area is 63.9 Å². The number of nitrogens with two attached hydrogens (primary N) is 1. The standard InChI is InChI=1S/C6H9N3O2/c1-4(7)5(10)9-3-2-8-6(9)11/h2,4H,3,7H2,1H3/t4-/m0/s1. The van der Waals surface area contributed by atoms with Crippen molar-refractivity contribution < 1.29 is 9.59 Å². The van der Waals surface area contributed by atoms with E-state index in [1.54, 1.807) is 0 Å². The molecule has 1 aliphatic heterocycles. The van der Waals surface area contributed by atoms with Crippen molar-refractivity contribution in [3.63, 3.8) is 0 Å². The lowest BCUT2D eigenvalue weighted by Crippen LogP contribution is -2.42. The van der Waals surface area contributed by atoms with Crippen LogP contribution in [0.2, 0.25) is 0 Å². The van der Waals surface area contributed by atoms with Gasteiger partial charge in [0.05, 0.1) is 12.6 Å². The average molecular weight is 155 g/mol. The molecule has 3 amide bonds. The Kier molecular flexibility index (Phi) is 2.00. The number of carbonyl (C=O) groups is 2. The Morgan fingerprint density at radius 1 is 1.91 bits per heavy atom. The second-order valence-electron chi connectivity index (χ2n) is 2.33. The summed E-state index contributed by atoms with van der Waals surface area (Å²) < 4.78 is 0. The van der Waals surface area contributed by atoms with E-state index in [0.29, 0.717) is 0 Å². The fourth-order valence-corrected chi connectivity index (χ4v) is 0.778. The lowest BCUT2D eigenvalue weighted by atomic mass is 10.3. The highest BCUT2D eigenvalue weighted by molar-refractivity contribution is 6.04. The highest BCUT2D eigenvalue weighted by Crippen LogP contribution is 2.00. The van der Waals surface area contributed by atoms with E-state index in [1.807, 2.05) is 0 Å². The molecule has 0 aliphatic carbocycles. The normalized spacial score (nSPS) is 19.1. The first-order chi connectivity index (χ1) is 5.13. The molecule has 1 atom stereocenters. The van der Waals surface area contributed by atoms with E-state index in [0.717, 1.165) is 4.90 Å². The van der Waals surface area contributed by atoms with Gasteiger partial charge in [-0.25, -0.2) is 9.79 Å². The van der Waals surface area contributed by atoms with Crippen LogP contribution in [0.4, 0.5) is 4.79 Å². The molecule has 11 heavy (non-hydrogen) atoms. The summed E-state index contributed by atoms with van der Waals surface area (Å²) in [5.41, 5.74) is 5.28. The summed E-state index contributed by atoms with van der Waals surface area (Å²) in [6.07, 6.45) is 1.39. The van der Waals surface area contributed by atoms with E-state index in [9.17, 15) is 9.59 Å². The highest BCUT2D eigenvalue weighted by Gasteiger charge is 2.25. The van der Waals surface area contributed by atoms with E-state index in [-0.39, 0.29) is 12.5 Å². The summed E-state index contributed by atoms with van der Waals surface area (Å²) in [5.74, 6) is -0.382. The van der Waals surface area contributed by atoms with Crippen LogP contribution in [0.1, 0.15) is 6.92 Å². The minimum atomic E-state index is -0.638. The molecule has 0 radical (unpaired) electrons. The number of rotatable bonds is 1. The lowest BCUT2D eigenvalue weighted by molar-refractivity contribution is -0.128. The van der Waals surface area contributed by atoms with Gasteiger partial charge < -0.3 is 5.73 Å². The quantitative estimate of drug-likeness (QED) is 0.547. The van der Waals surface area contributed by atoms with Crippen molar-refractivity contribution in [3.05, 3.63) is 0 Å². The predicted molar refractivity (Wildman–Crippen MR) is 39.3 cm³/mol. The van der Waals surface area contributed by atoms with Gasteiger partial charge in [0.1, 0.15) is 0 Å². The van der Waals surface area contributed by atoms with Crippen LogP contribution in [0.3, 0.4) is 0 Å². The Hall–Kier alpha value is -1.23. The molecule has 0 aromatic rings. The maximum absolute atomic E-state index is 11.1. The van der Waals surface area contributed by atoms with Crippen LogP contribution in [0.5, 0.6) is 0 Å². The molecule has 5 heteroatoms. The zero-order valence-corrected chi connectivity index (χ0v) is 6.15. The van der Waals surface area contributed by atoms with Gasteiger partial charge in [0.2, 0.25) is 5.91 Å². The lowest BCUT2D eigenvalue weighted by Gasteiger charge is -2.13. The molecular weight excluding hydrogens is 146 g/mol. The Morgan fingerprint density at radius 3 is 2.91 bits per heavy atom. The van der Waals surface area contributed by atoms with Crippen molar-refractivity contribution in [2.45, 2.75) is 13.0 Å². The maximum Gasteiger partial charge on any atom is 0.350 e. The van der Waals surface area contributed by atoms with Crippen LogP contribution in [0, 0.1) is 0 Å². The average Bonchev–Trinajstić information content (AvgIpc) is 2.33. The molecule has 1 heterocycles. The number of hydrogen-bond donors (Lipinski definition) is 1. The molecule has 0 spiro atoms. The Bertz CT molecular complexity index is 222. The van der Waals surface area contributed by atoms with Gasteiger partial charge in [0.25, 0.3) is 0 Å². The van der Waals surface area contributed by atoms with Crippen LogP contribution in [-0.4, -0.2) is 35.6 Å². The van der Waals surface area contributed by atoms with Gasteiger partial charge in [0, 0.05) is 6.21 Å². The van der Waals surface area contributed by atoms with Crippen molar-refractivity contribution in [1.29, 1.82) is 0 Å². The zero-order valence-electron chi connectivity index (χ0n) is 6.15. The molecule has 0 bridgehead atoms. The van der Waals surface area contributed by atoms with E-state index < -0.39 is 12.1 Å². The first kappa shape index (κ1) is 7.87. The van der Waals surface area contributed by atoms with Gasteiger partial charge in [-0.2, -0.15) is 0 Å². The van der Waals surface area contributed by atoms with E-state index in [4.69, 9.17) is 5.73 Å². The molecule has 0 aromatic carbocycles. The van der Waals surface area contributed by atoms with E-state index >= 15 is 0 Å². The molecule has 1 rings (SSSR count). The van der Waals surface area contributed by atoms with Crippen molar-refractivity contribution in [2.24, 2.45) is 10.7 Å². The van der Waals surface area contributed by atoms with Gasteiger partial charge >= 0.3 is 6.03 Å². The molecule has 0 unspecified atom stereocenters. The minimum Gasteiger partial charge on any atom is -0.320 e. The summed E-state index contributed by atoms with van der Waals surface area (Å²) in [7, 11) is 0. The van der Waals surface area contributed by atoms with Crippen LogP contribution in [0.25, 0.3) is 0 Å². The van der Waals surface area contributed by atoms with Gasteiger partial charge in [-0.1, -0.05) is 0 Å². The number of imide groups is 1. The summed E-state index contributed by atoms with van der Waals surface area (Å²) in [5, 5.41) is 0. The maximum atomic E-state index is 11.1. The van der Waals surface area contributed by atoms with Crippen molar-refractivity contribution in [1.82, 2.24) is 4.90 Å². The largest absolute Gasteiger partial charge is 0.350 e. The van der Waals surface area contributed by atoms with Crippen LogP contribution in [0.15, 0.2) is 4.99 Å². The molecule has 0 fully saturated rings. The number of carbonyl (C=O) groups excluding carboxylic acids is 2. The third-order valence-electron chi connectivity index (χ3n) is 1.35. The molecular formula is C6H9N3O2. The number of aliphatic imine (C=N–C) groups is 1. The van der Waals surface area contributed by atoms with Gasteiger partial charge in [-0.15, -0.1) is 0 Å². The smallest absolute Gasteiger partial charge is 0.320 e. The van der Waals surface area contributed by atoms with Crippen molar-refractivity contribution >= 4 is 18.2 Å². The van der Waals surface area contributed by atoms with E-state index in [1.165, 1.54) is 13.1 Å². The summed E-state index contributed by atoms with van der Waals surface area (Å²) >= 11 is 0. The van der Waals surface area contributed by atoms with Crippen LogP contribution < -0.4 is 5.73 Å². The van der Waals surface area contributed by atoms with Gasteiger partial charge in [0.15, 0.2) is 0 Å². The number of nitrogens with zero attached hydrogens (tertiary/aromatic N) is 2. The van der Waals surface area contributed by atoms with Crippen molar-refractivity contribution in [2.75, 3.05) is 6.54 Å². The van der Waals surface area contributed by atoms with Gasteiger partial charge in [-0.3, -0.25) is 9.69 Å². The van der Waals surface area contributed by atoms with Crippen LogP contribution in [-0.2, 0) is 4.79 Å². The fourth-order valence-electron chi connectivity index (χ4n) is 0.778. The molecule has 5 nitrogen and oxygen atoms in total. The van der Waals surface area contributed by atoms with E-state index in [2.05, 4.69) is 4.99 Å². The first-order valence-electron chi connectivity index (χ1n) is 3.26. The number of amides is 3. The molecule has 2 N–H and O–H groups in total.